The Labute approximate surface area is 293 Å². The Morgan fingerprint density at radius 3 is 2.30 bits per heavy atom. The number of amides is 2. The highest BCUT2D eigenvalue weighted by Gasteiger charge is 2.28. The number of nitrogens with one attached hydrogen (secondary N) is 2. The summed E-state index contributed by atoms with van der Waals surface area (Å²) >= 11 is 0. The van der Waals surface area contributed by atoms with E-state index in [0.29, 0.717) is 47.0 Å². The van der Waals surface area contributed by atoms with E-state index in [2.05, 4.69) is 20.4 Å². The third-order valence-electron chi connectivity index (χ3n) is 11.2. The van der Waals surface area contributed by atoms with E-state index in [1.807, 2.05) is 25.1 Å². The number of rotatable bonds is 10. The Morgan fingerprint density at radius 2 is 1.62 bits per heavy atom. The summed E-state index contributed by atoms with van der Waals surface area (Å²) in [5, 5.41) is 5.39. The first-order chi connectivity index (χ1) is 24.0. The fourth-order valence-electron chi connectivity index (χ4n) is 7.84. The maximum Gasteiger partial charge on any atom is 0.253 e. The molecule has 3 saturated heterocycles. The number of carbonyl (C=O) groups excluding carboxylic acids is 2. The van der Waals surface area contributed by atoms with Gasteiger partial charge in [0.2, 0.25) is 11.8 Å². The number of halogens is 2. The van der Waals surface area contributed by atoms with E-state index in [1.54, 1.807) is 33.3 Å². The number of anilines is 1. The van der Waals surface area contributed by atoms with E-state index in [0.717, 1.165) is 81.5 Å². The molecule has 2 amide bonds. The maximum absolute atomic E-state index is 15.6. The predicted octanol–water partition coefficient (Wildman–Crippen LogP) is 5.65. The lowest BCUT2D eigenvalue weighted by atomic mass is 9.88. The molecule has 268 valence electrons. The van der Waals surface area contributed by atoms with Gasteiger partial charge >= 0.3 is 0 Å². The van der Waals surface area contributed by atoms with Gasteiger partial charge in [-0.3, -0.25) is 24.6 Å². The van der Waals surface area contributed by atoms with E-state index in [4.69, 9.17) is 4.74 Å². The van der Waals surface area contributed by atoms with Crippen LogP contribution in [0, 0.1) is 31.4 Å². The fourth-order valence-corrected chi connectivity index (χ4v) is 7.84. The van der Waals surface area contributed by atoms with Crippen LogP contribution in [0.1, 0.15) is 73.1 Å². The van der Waals surface area contributed by atoms with Crippen molar-refractivity contribution in [3.8, 4) is 16.9 Å². The number of benzene rings is 2. The van der Waals surface area contributed by atoms with Crippen molar-refractivity contribution in [2.45, 2.75) is 77.3 Å². The lowest BCUT2D eigenvalue weighted by Gasteiger charge is -2.35. The normalized spacial score (nSPS) is 19.8. The van der Waals surface area contributed by atoms with Crippen molar-refractivity contribution in [2.24, 2.45) is 13.0 Å². The highest BCUT2D eigenvalue weighted by Crippen LogP contribution is 2.35. The average Bonchev–Trinajstić information content (AvgIpc) is 3.11. The van der Waals surface area contributed by atoms with Crippen molar-refractivity contribution < 1.29 is 23.1 Å². The zero-order valence-corrected chi connectivity index (χ0v) is 29.6. The number of pyridine rings is 1. The van der Waals surface area contributed by atoms with Crippen LogP contribution < -0.4 is 20.9 Å². The molecule has 0 spiro atoms. The summed E-state index contributed by atoms with van der Waals surface area (Å²) in [6, 6.07) is 8.04. The standard InChI is InChI=1S/C39H49F2N5O4/c1-24-25(2)39(49)44(3)22-31(24)28-19-33(40)32(36(20-28)50-4)23-46-15-10-26(11-16-46)9-14-45-17-12-27(13-18-45)30-6-5-29(21-34(30)41)42-35-7-8-37(47)43-38(35)48/h5-6,19-22,26-27,35,42H,7-18,23H2,1-4H3,(H,43,47,48). The Morgan fingerprint density at radius 1 is 0.900 bits per heavy atom. The summed E-state index contributed by atoms with van der Waals surface area (Å²) in [6.07, 6.45) is 7.51. The minimum atomic E-state index is -0.535. The highest BCUT2D eigenvalue weighted by atomic mass is 19.1. The fraction of sp³-hybridized carbons (Fsp3) is 0.513. The molecular weight excluding hydrogens is 640 g/mol. The number of hydrogen-bond acceptors (Lipinski definition) is 7. The highest BCUT2D eigenvalue weighted by molar-refractivity contribution is 6.01. The van der Waals surface area contributed by atoms with Gasteiger partial charge in [0.1, 0.15) is 23.4 Å². The summed E-state index contributed by atoms with van der Waals surface area (Å²) in [6.45, 7) is 8.90. The molecule has 0 bridgehead atoms. The monoisotopic (exact) mass is 689 g/mol. The number of aryl methyl sites for hydroxylation is 1. The van der Waals surface area contributed by atoms with Gasteiger partial charge in [0.05, 0.1) is 7.11 Å². The first-order valence-corrected chi connectivity index (χ1v) is 17.9. The van der Waals surface area contributed by atoms with Crippen molar-refractivity contribution in [2.75, 3.05) is 45.2 Å². The number of hydrogen-bond donors (Lipinski definition) is 2. The first-order valence-electron chi connectivity index (χ1n) is 17.9. The van der Waals surface area contributed by atoms with Gasteiger partial charge in [-0.15, -0.1) is 0 Å². The largest absolute Gasteiger partial charge is 0.496 e. The number of methoxy groups -OCH3 is 1. The van der Waals surface area contributed by atoms with Gasteiger partial charge in [0.25, 0.3) is 5.56 Å². The molecule has 0 radical (unpaired) electrons. The lowest BCUT2D eigenvalue weighted by Crippen LogP contribution is -2.47. The second-order valence-corrected chi connectivity index (χ2v) is 14.4. The predicted molar refractivity (Wildman–Crippen MR) is 190 cm³/mol. The molecule has 2 N–H and O–H groups in total. The molecule has 4 heterocycles. The molecule has 1 atom stereocenters. The van der Waals surface area contributed by atoms with E-state index >= 15 is 8.78 Å². The average molecular weight is 690 g/mol. The molecule has 6 rings (SSSR count). The second-order valence-electron chi connectivity index (χ2n) is 14.4. The van der Waals surface area contributed by atoms with Gasteiger partial charge in [-0.2, -0.15) is 0 Å². The van der Waals surface area contributed by atoms with Gasteiger partial charge in [-0.1, -0.05) is 6.07 Å². The van der Waals surface area contributed by atoms with Crippen LogP contribution in [-0.2, 0) is 23.2 Å². The topological polar surface area (TPSA) is 95.9 Å². The molecule has 3 fully saturated rings. The Hall–Kier alpha value is -4.09. The third kappa shape index (κ3) is 7.94. The Balaban J connectivity index is 0.957. The van der Waals surface area contributed by atoms with Gasteiger partial charge in [-0.25, -0.2) is 8.78 Å². The van der Waals surface area contributed by atoms with Crippen LogP contribution in [0.15, 0.2) is 41.3 Å². The number of piperidine rings is 3. The molecule has 3 aliphatic heterocycles. The van der Waals surface area contributed by atoms with Gasteiger partial charge < -0.3 is 19.5 Å². The molecule has 3 aromatic rings. The molecule has 11 heteroatoms. The zero-order valence-electron chi connectivity index (χ0n) is 29.6. The van der Waals surface area contributed by atoms with Gasteiger partial charge in [0.15, 0.2) is 0 Å². The minimum Gasteiger partial charge on any atom is -0.496 e. The Bertz CT molecular complexity index is 1790. The van der Waals surface area contributed by atoms with Crippen molar-refractivity contribution in [1.82, 2.24) is 19.7 Å². The first kappa shape index (κ1) is 35.7. The van der Waals surface area contributed by atoms with E-state index in [9.17, 15) is 14.4 Å². The van der Waals surface area contributed by atoms with Gasteiger partial charge in [0, 0.05) is 48.6 Å². The summed E-state index contributed by atoms with van der Waals surface area (Å²) in [7, 11) is 3.29. The summed E-state index contributed by atoms with van der Waals surface area (Å²) < 4.78 is 38.0. The second kappa shape index (κ2) is 15.4. The van der Waals surface area contributed by atoms with Crippen molar-refractivity contribution in [1.29, 1.82) is 0 Å². The van der Waals surface area contributed by atoms with Crippen molar-refractivity contribution in [3.63, 3.8) is 0 Å². The molecule has 0 aliphatic carbocycles. The summed E-state index contributed by atoms with van der Waals surface area (Å²) in [5.74, 6) is 0.121. The summed E-state index contributed by atoms with van der Waals surface area (Å²) in [5.41, 5.74) is 4.80. The van der Waals surface area contributed by atoms with Crippen LogP contribution in [0.5, 0.6) is 5.75 Å². The van der Waals surface area contributed by atoms with Crippen LogP contribution in [0.2, 0.25) is 0 Å². The zero-order chi connectivity index (χ0) is 35.5. The number of imide groups is 1. The minimum absolute atomic E-state index is 0.0535. The number of likely N-dealkylation sites (tertiary alicyclic amines) is 2. The lowest BCUT2D eigenvalue weighted by molar-refractivity contribution is -0.133. The Kier molecular flexibility index (Phi) is 11.0. The van der Waals surface area contributed by atoms with Crippen LogP contribution in [0.3, 0.4) is 0 Å². The molecule has 2 aromatic carbocycles. The molecule has 1 aromatic heterocycles. The SMILES string of the molecule is COc1cc(-c2cn(C)c(=O)c(C)c2C)cc(F)c1CN1CCC(CCN2CCC(c3ccc(NC4CCC(=O)NC4=O)cc3F)CC2)CC1. The number of nitrogens with zero attached hydrogens (tertiary/aromatic N) is 3. The van der Waals surface area contributed by atoms with Crippen LogP contribution in [0.4, 0.5) is 14.5 Å². The number of carbonyl (C=O) groups is 2. The third-order valence-corrected chi connectivity index (χ3v) is 11.2. The molecule has 0 saturated carbocycles. The van der Waals surface area contributed by atoms with Crippen LogP contribution >= 0.6 is 0 Å². The van der Waals surface area contributed by atoms with E-state index in [-0.39, 0.29) is 41.3 Å². The van der Waals surface area contributed by atoms with E-state index < -0.39 is 6.04 Å². The van der Waals surface area contributed by atoms with Crippen LogP contribution in [0.25, 0.3) is 11.1 Å². The van der Waals surface area contributed by atoms with Crippen molar-refractivity contribution >= 4 is 17.5 Å². The quantitative estimate of drug-likeness (QED) is 0.266. The van der Waals surface area contributed by atoms with Crippen molar-refractivity contribution in [3.05, 3.63) is 80.8 Å². The number of aromatic nitrogens is 1. The molecule has 9 nitrogen and oxygen atoms in total. The molecule has 3 aliphatic rings. The summed E-state index contributed by atoms with van der Waals surface area (Å²) in [4.78, 5) is 40.6. The molecule has 1 unspecified atom stereocenters. The van der Waals surface area contributed by atoms with E-state index in [1.165, 1.54) is 10.6 Å². The smallest absolute Gasteiger partial charge is 0.253 e. The van der Waals surface area contributed by atoms with Crippen LogP contribution in [-0.4, -0.2) is 72.1 Å². The molecular formula is C39H49F2N5O4. The van der Waals surface area contributed by atoms with Gasteiger partial charge in [-0.05, 0) is 138 Å². The maximum atomic E-state index is 15.6. The molecule has 50 heavy (non-hydrogen) atoms. The number of ether oxygens (including phenoxy) is 1.